The van der Waals surface area contributed by atoms with Crippen LogP contribution >= 0.6 is 24.0 Å². The quantitative estimate of drug-likeness (QED) is 0.254. The first-order valence-corrected chi connectivity index (χ1v) is 9.06. The van der Waals surface area contributed by atoms with Gasteiger partial charge in [0, 0.05) is 26.7 Å². The van der Waals surface area contributed by atoms with Crippen molar-refractivity contribution in [2.24, 2.45) is 4.99 Å². The third-order valence-electron chi connectivity index (χ3n) is 4.17. The van der Waals surface area contributed by atoms with Crippen LogP contribution in [0, 0.1) is 0 Å². The molecular formula is C19H31IN4O3. The Morgan fingerprint density at radius 1 is 1.33 bits per heavy atom. The van der Waals surface area contributed by atoms with E-state index >= 15 is 0 Å². The second kappa shape index (κ2) is 11.3. The molecule has 1 aliphatic rings. The third-order valence-corrected chi connectivity index (χ3v) is 4.17. The number of hydrogen-bond donors (Lipinski definition) is 2. The Labute approximate surface area is 178 Å². The van der Waals surface area contributed by atoms with Gasteiger partial charge in [-0.2, -0.15) is 0 Å². The van der Waals surface area contributed by atoms with Crippen LogP contribution in [0.3, 0.4) is 0 Å². The van der Waals surface area contributed by atoms with Crippen molar-refractivity contribution in [3.05, 3.63) is 24.3 Å². The topological polar surface area (TPSA) is 75.2 Å². The molecule has 0 spiro atoms. The van der Waals surface area contributed by atoms with E-state index in [1.165, 1.54) is 0 Å². The first kappa shape index (κ1) is 23.5. The first-order chi connectivity index (χ1) is 12.5. The van der Waals surface area contributed by atoms with Gasteiger partial charge in [0.25, 0.3) is 5.91 Å². The van der Waals surface area contributed by atoms with Gasteiger partial charge in [0.1, 0.15) is 5.75 Å². The van der Waals surface area contributed by atoms with Crippen LogP contribution in [0.25, 0.3) is 0 Å². The van der Waals surface area contributed by atoms with E-state index in [1.807, 2.05) is 45.0 Å². The maximum atomic E-state index is 12.2. The summed E-state index contributed by atoms with van der Waals surface area (Å²) in [6.45, 7) is 8.83. The normalized spacial score (nSPS) is 14.1. The monoisotopic (exact) mass is 490 g/mol. The van der Waals surface area contributed by atoms with Crippen LogP contribution in [0.2, 0.25) is 0 Å². The molecule has 1 aromatic carbocycles. The maximum absolute atomic E-state index is 12.2. The van der Waals surface area contributed by atoms with Crippen molar-refractivity contribution >= 4 is 41.5 Å². The van der Waals surface area contributed by atoms with Gasteiger partial charge in [0.2, 0.25) is 0 Å². The fraction of sp³-hybridized carbons (Fsp3) is 0.579. The number of rotatable bonds is 8. The Kier molecular flexibility index (Phi) is 9.86. The molecule has 0 saturated carbocycles. The molecule has 7 nitrogen and oxygen atoms in total. The first-order valence-electron chi connectivity index (χ1n) is 9.06. The van der Waals surface area contributed by atoms with Gasteiger partial charge in [0.05, 0.1) is 17.8 Å². The minimum absolute atomic E-state index is 0. The van der Waals surface area contributed by atoms with Gasteiger partial charge >= 0.3 is 0 Å². The zero-order valence-electron chi connectivity index (χ0n) is 16.6. The Bertz CT molecular complexity index is 637. The number of benzene rings is 1. The number of aliphatic imine (C=N–C) groups is 1. The molecule has 0 radical (unpaired) electrons. The van der Waals surface area contributed by atoms with Crippen molar-refractivity contribution in [3.8, 4) is 5.75 Å². The number of halogens is 1. The number of methoxy groups -OCH3 is 1. The summed E-state index contributed by atoms with van der Waals surface area (Å²) < 4.78 is 10.9. The lowest BCUT2D eigenvalue weighted by Crippen LogP contribution is -2.42. The van der Waals surface area contributed by atoms with Crippen molar-refractivity contribution in [1.29, 1.82) is 0 Å². The summed E-state index contributed by atoms with van der Waals surface area (Å²) >= 11 is 0. The second-order valence-electron chi connectivity index (χ2n) is 6.74. The van der Waals surface area contributed by atoms with Gasteiger partial charge in [-0.25, -0.2) is 0 Å². The molecule has 27 heavy (non-hydrogen) atoms. The van der Waals surface area contributed by atoms with Crippen LogP contribution < -0.4 is 20.3 Å². The molecule has 152 valence electrons. The van der Waals surface area contributed by atoms with Gasteiger partial charge in [0.15, 0.2) is 12.6 Å². The van der Waals surface area contributed by atoms with E-state index in [-0.39, 0.29) is 42.1 Å². The van der Waals surface area contributed by atoms with Crippen molar-refractivity contribution in [1.82, 2.24) is 10.6 Å². The van der Waals surface area contributed by atoms with E-state index in [0.717, 1.165) is 30.4 Å². The highest BCUT2D eigenvalue weighted by Crippen LogP contribution is 2.31. The average molecular weight is 490 g/mol. The minimum atomic E-state index is -0.299. The number of guanidine groups is 1. The van der Waals surface area contributed by atoms with E-state index < -0.39 is 0 Å². The number of nitrogens with one attached hydrogen (secondary N) is 2. The molecule has 0 bridgehead atoms. The summed E-state index contributed by atoms with van der Waals surface area (Å²) in [5.74, 6) is 1.51. The lowest BCUT2D eigenvalue weighted by atomic mass is 10.1. The summed E-state index contributed by atoms with van der Waals surface area (Å²) in [5, 5.41) is 6.53. The summed E-state index contributed by atoms with van der Waals surface area (Å²) in [6.07, 6.45) is 0.804. The predicted octanol–water partition coefficient (Wildman–Crippen LogP) is 2.40. The maximum Gasteiger partial charge on any atom is 0.265 e. The summed E-state index contributed by atoms with van der Waals surface area (Å²) in [5.41, 5.74) is 0.540. The third kappa shape index (κ3) is 7.17. The van der Waals surface area contributed by atoms with E-state index in [2.05, 4.69) is 15.6 Å². The van der Waals surface area contributed by atoms with E-state index in [4.69, 9.17) is 9.47 Å². The minimum Gasteiger partial charge on any atom is -0.482 e. The molecule has 2 rings (SSSR count). The second-order valence-corrected chi connectivity index (χ2v) is 6.74. The van der Waals surface area contributed by atoms with Crippen molar-refractivity contribution in [2.45, 2.75) is 32.8 Å². The van der Waals surface area contributed by atoms with E-state index in [9.17, 15) is 4.79 Å². The molecule has 0 saturated heterocycles. The highest BCUT2D eigenvalue weighted by molar-refractivity contribution is 14.0. The number of carbonyl (C=O) groups excluding carboxylic acids is 1. The number of hydrogen-bond acceptors (Lipinski definition) is 4. The smallest absolute Gasteiger partial charge is 0.265 e. The standard InChI is InChI=1S/C19H30N4O3.HI/c1-5-20-18(22-14-19(2,3)25-4)21-11-8-12-23-15-9-6-7-10-16(15)26-13-17(23)24;/h6-7,9-10H,5,8,11-14H2,1-4H3,(H2,20,21,22);1H. The Hall–Kier alpha value is -1.55. The SMILES string of the molecule is CCNC(=NCC(C)(C)OC)NCCCN1C(=O)COc2ccccc21.I. The number of nitrogens with zero attached hydrogens (tertiary/aromatic N) is 2. The lowest BCUT2D eigenvalue weighted by Gasteiger charge is -2.29. The van der Waals surface area contributed by atoms with Gasteiger partial charge in [-0.05, 0) is 39.3 Å². The van der Waals surface area contributed by atoms with Crippen LogP contribution in [-0.2, 0) is 9.53 Å². The number of ether oxygens (including phenoxy) is 2. The zero-order chi connectivity index (χ0) is 19.0. The summed E-state index contributed by atoms with van der Waals surface area (Å²) in [6, 6.07) is 7.63. The molecule has 1 amide bonds. The highest BCUT2D eigenvalue weighted by atomic mass is 127. The van der Waals surface area contributed by atoms with Crippen LogP contribution in [0.15, 0.2) is 29.3 Å². The predicted molar refractivity (Wildman–Crippen MR) is 119 cm³/mol. The molecule has 0 atom stereocenters. The number of fused-ring (bicyclic) bond motifs is 1. The fourth-order valence-electron chi connectivity index (χ4n) is 2.52. The van der Waals surface area contributed by atoms with Crippen molar-refractivity contribution in [3.63, 3.8) is 0 Å². The Morgan fingerprint density at radius 3 is 2.78 bits per heavy atom. The lowest BCUT2D eigenvalue weighted by molar-refractivity contribution is -0.121. The molecule has 0 fully saturated rings. The van der Waals surface area contributed by atoms with Crippen molar-refractivity contribution < 1.29 is 14.3 Å². The largest absolute Gasteiger partial charge is 0.482 e. The van der Waals surface area contributed by atoms with Crippen molar-refractivity contribution in [2.75, 3.05) is 44.8 Å². The molecule has 2 N–H and O–H groups in total. The molecule has 1 aliphatic heterocycles. The van der Waals surface area contributed by atoms with Crippen LogP contribution in [0.1, 0.15) is 27.2 Å². The highest BCUT2D eigenvalue weighted by Gasteiger charge is 2.24. The van der Waals surface area contributed by atoms with Gasteiger partial charge < -0.3 is 25.0 Å². The number of carbonyl (C=O) groups is 1. The van der Waals surface area contributed by atoms with Crippen LogP contribution in [0.5, 0.6) is 5.75 Å². The molecule has 0 aliphatic carbocycles. The average Bonchev–Trinajstić information content (AvgIpc) is 2.64. The summed E-state index contributed by atoms with van der Waals surface area (Å²) in [4.78, 5) is 18.5. The van der Waals surface area contributed by atoms with Crippen LogP contribution in [0.4, 0.5) is 5.69 Å². The zero-order valence-corrected chi connectivity index (χ0v) is 18.9. The molecular weight excluding hydrogens is 459 g/mol. The van der Waals surface area contributed by atoms with Gasteiger partial charge in [-0.15, -0.1) is 24.0 Å². The molecule has 0 unspecified atom stereocenters. The van der Waals surface area contributed by atoms with Gasteiger partial charge in [-0.1, -0.05) is 12.1 Å². The van der Waals surface area contributed by atoms with Crippen LogP contribution in [-0.4, -0.2) is 57.4 Å². The van der Waals surface area contributed by atoms with E-state index in [0.29, 0.717) is 19.6 Å². The summed E-state index contributed by atoms with van der Waals surface area (Å²) in [7, 11) is 1.69. The molecule has 0 aromatic heterocycles. The fourth-order valence-corrected chi connectivity index (χ4v) is 2.52. The number of amides is 1. The molecule has 1 aromatic rings. The van der Waals surface area contributed by atoms with E-state index in [1.54, 1.807) is 12.0 Å². The Morgan fingerprint density at radius 2 is 2.07 bits per heavy atom. The molecule has 8 heteroatoms. The van der Waals surface area contributed by atoms with Gasteiger partial charge in [-0.3, -0.25) is 9.79 Å². The number of anilines is 1. The number of para-hydroxylation sites is 2. The molecule has 1 heterocycles. The Balaban J connectivity index is 0.00000364.